The van der Waals surface area contributed by atoms with Gasteiger partial charge < -0.3 is 16.0 Å². The standard InChI is InChI=1S/C17H27N3O/c1-3-20(12-14-7-8-14)10-4-5-17(21)19-16-11-15(18)9-6-13(16)2/h6,9,11,14H,3-5,7-8,10,12,18H2,1-2H3,(H,19,21). The van der Waals surface area contributed by atoms with Crippen molar-refractivity contribution in [3.63, 3.8) is 0 Å². The zero-order valence-electron chi connectivity index (χ0n) is 13.2. The topological polar surface area (TPSA) is 58.4 Å². The first-order valence-corrected chi connectivity index (χ1v) is 7.96. The SMILES string of the molecule is CCN(CCCC(=O)Nc1cc(N)ccc1C)CC1CC1. The number of nitrogens with two attached hydrogens (primary N) is 1. The molecule has 0 spiro atoms. The zero-order valence-corrected chi connectivity index (χ0v) is 13.2. The lowest BCUT2D eigenvalue weighted by Gasteiger charge is -2.19. The van der Waals surface area contributed by atoms with E-state index in [1.807, 2.05) is 25.1 Å². The lowest BCUT2D eigenvalue weighted by molar-refractivity contribution is -0.116. The summed E-state index contributed by atoms with van der Waals surface area (Å²) in [5.41, 5.74) is 8.30. The van der Waals surface area contributed by atoms with Crippen LogP contribution in [0.1, 0.15) is 38.2 Å². The summed E-state index contributed by atoms with van der Waals surface area (Å²) >= 11 is 0. The van der Waals surface area contributed by atoms with Crippen molar-refractivity contribution in [3.8, 4) is 0 Å². The number of amides is 1. The molecule has 2 rings (SSSR count). The Morgan fingerprint density at radius 2 is 2.19 bits per heavy atom. The molecule has 0 bridgehead atoms. The predicted octanol–water partition coefficient (Wildman–Crippen LogP) is 3.03. The number of rotatable bonds is 8. The third kappa shape index (κ3) is 5.38. The quantitative estimate of drug-likeness (QED) is 0.723. The third-order valence-electron chi connectivity index (χ3n) is 4.07. The fourth-order valence-electron chi connectivity index (χ4n) is 2.49. The molecule has 1 fully saturated rings. The lowest BCUT2D eigenvalue weighted by Crippen LogP contribution is -2.27. The van der Waals surface area contributed by atoms with Crippen molar-refractivity contribution in [2.75, 3.05) is 30.7 Å². The van der Waals surface area contributed by atoms with Crippen molar-refractivity contribution in [3.05, 3.63) is 23.8 Å². The maximum atomic E-state index is 12.0. The largest absolute Gasteiger partial charge is 0.399 e. The van der Waals surface area contributed by atoms with Gasteiger partial charge in [0.15, 0.2) is 0 Å². The maximum Gasteiger partial charge on any atom is 0.224 e. The van der Waals surface area contributed by atoms with Gasteiger partial charge >= 0.3 is 0 Å². The lowest BCUT2D eigenvalue weighted by atomic mass is 10.1. The number of benzene rings is 1. The number of aryl methyl sites for hydroxylation is 1. The molecule has 3 N–H and O–H groups in total. The number of carbonyl (C=O) groups is 1. The Bertz CT molecular complexity index is 483. The number of anilines is 2. The Labute approximate surface area is 127 Å². The van der Waals surface area contributed by atoms with Crippen LogP contribution in [-0.4, -0.2) is 30.4 Å². The minimum atomic E-state index is 0.0752. The van der Waals surface area contributed by atoms with Gasteiger partial charge in [0.2, 0.25) is 5.91 Å². The van der Waals surface area contributed by atoms with Crippen LogP contribution < -0.4 is 11.1 Å². The van der Waals surface area contributed by atoms with Crippen molar-refractivity contribution in [1.29, 1.82) is 0 Å². The molecule has 21 heavy (non-hydrogen) atoms. The summed E-state index contributed by atoms with van der Waals surface area (Å²) in [6.45, 7) is 7.46. The van der Waals surface area contributed by atoms with Crippen LogP contribution in [-0.2, 0) is 4.79 Å². The van der Waals surface area contributed by atoms with E-state index in [1.54, 1.807) is 0 Å². The summed E-state index contributed by atoms with van der Waals surface area (Å²) in [6, 6.07) is 5.60. The van der Waals surface area contributed by atoms with E-state index in [4.69, 9.17) is 5.73 Å². The highest BCUT2D eigenvalue weighted by atomic mass is 16.1. The van der Waals surface area contributed by atoms with Crippen molar-refractivity contribution < 1.29 is 4.79 Å². The summed E-state index contributed by atoms with van der Waals surface area (Å²) < 4.78 is 0. The van der Waals surface area contributed by atoms with Crippen molar-refractivity contribution >= 4 is 17.3 Å². The van der Waals surface area contributed by atoms with Crippen LogP contribution in [0.2, 0.25) is 0 Å². The van der Waals surface area contributed by atoms with Gasteiger partial charge in [-0.25, -0.2) is 0 Å². The van der Waals surface area contributed by atoms with E-state index >= 15 is 0 Å². The van der Waals surface area contributed by atoms with Gasteiger partial charge in [-0.15, -0.1) is 0 Å². The molecule has 0 saturated heterocycles. The molecular weight excluding hydrogens is 262 g/mol. The summed E-state index contributed by atoms with van der Waals surface area (Å²) in [5, 5.41) is 2.96. The average molecular weight is 289 g/mol. The fourth-order valence-corrected chi connectivity index (χ4v) is 2.49. The normalized spacial score (nSPS) is 14.4. The highest BCUT2D eigenvalue weighted by molar-refractivity contribution is 5.91. The maximum absolute atomic E-state index is 12.0. The first-order chi connectivity index (χ1) is 10.1. The minimum absolute atomic E-state index is 0.0752. The van der Waals surface area contributed by atoms with Crippen molar-refractivity contribution in [2.24, 2.45) is 5.92 Å². The summed E-state index contributed by atoms with van der Waals surface area (Å²) in [7, 11) is 0. The van der Waals surface area contributed by atoms with Gasteiger partial charge in [-0.3, -0.25) is 4.79 Å². The van der Waals surface area contributed by atoms with Crippen LogP contribution in [0.5, 0.6) is 0 Å². The second-order valence-corrected chi connectivity index (χ2v) is 6.06. The minimum Gasteiger partial charge on any atom is -0.399 e. The molecule has 1 aliphatic rings. The van der Waals surface area contributed by atoms with Crippen LogP contribution >= 0.6 is 0 Å². The molecule has 0 radical (unpaired) electrons. The van der Waals surface area contributed by atoms with E-state index in [9.17, 15) is 4.79 Å². The number of carbonyl (C=O) groups excluding carboxylic acids is 1. The van der Waals surface area contributed by atoms with Gasteiger partial charge in [-0.2, -0.15) is 0 Å². The van der Waals surface area contributed by atoms with Gasteiger partial charge in [0.1, 0.15) is 0 Å². The zero-order chi connectivity index (χ0) is 15.2. The van der Waals surface area contributed by atoms with E-state index in [1.165, 1.54) is 19.4 Å². The first kappa shape index (κ1) is 15.8. The molecule has 4 nitrogen and oxygen atoms in total. The van der Waals surface area contributed by atoms with E-state index in [2.05, 4.69) is 17.1 Å². The van der Waals surface area contributed by atoms with E-state index in [0.717, 1.165) is 36.7 Å². The van der Waals surface area contributed by atoms with Crippen LogP contribution in [0.15, 0.2) is 18.2 Å². The van der Waals surface area contributed by atoms with Crippen LogP contribution in [0.3, 0.4) is 0 Å². The first-order valence-electron chi connectivity index (χ1n) is 7.96. The molecule has 1 amide bonds. The van der Waals surface area contributed by atoms with E-state index < -0.39 is 0 Å². The van der Waals surface area contributed by atoms with Gasteiger partial charge in [-0.1, -0.05) is 13.0 Å². The molecule has 1 saturated carbocycles. The molecular formula is C17H27N3O. The summed E-state index contributed by atoms with van der Waals surface area (Å²) in [5.74, 6) is 0.986. The van der Waals surface area contributed by atoms with E-state index in [-0.39, 0.29) is 5.91 Å². The van der Waals surface area contributed by atoms with Crippen LogP contribution in [0.25, 0.3) is 0 Å². The Hall–Kier alpha value is -1.55. The van der Waals surface area contributed by atoms with Gasteiger partial charge in [0.25, 0.3) is 0 Å². The second-order valence-electron chi connectivity index (χ2n) is 6.06. The highest BCUT2D eigenvalue weighted by Gasteiger charge is 2.23. The molecule has 0 atom stereocenters. The van der Waals surface area contributed by atoms with Crippen molar-refractivity contribution in [1.82, 2.24) is 4.90 Å². The summed E-state index contributed by atoms with van der Waals surface area (Å²) in [6.07, 6.45) is 4.24. The summed E-state index contributed by atoms with van der Waals surface area (Å²) in [4.78, 5) is 14.5. The molecule has 0 unspecified atom stereocenters. The monoisotopic (exact) mass is 289 g/mol. The Morgan fingerprint density at radius 1 is 1.43 bits per heavy atom. The van der Waals surface area contributed by atoms with Gasteiger partial charge in [0, 0.05) is 24.3 Å². The number of nitrogens with zero attached hydrogens (tertiary/aromatic N) is 1. The molecule has 4 heteroatoms. The molecule has 1 aliphatic carbocycles. The Kier molecular flexibility index (Phi) is 5.62. The molecule has 116 valence electrons. The van der Waals surface area contributed by atoms with Crippen LogP contribution in [0, 0.1) is 12.8 Å². The highest BCUT2D eigenvalue weighted by Crippen LogP contribution is 2.29. The van der Waals surface area contributed by atoms with Crippen molar-refractivity contribution in [2.45, 2.75) is 39.5 Å². The average Bonchev–Trinajstić information content (AvgIpc) is 3.25. The molecule has 0 heterocycles. The Morgan fingerprint density at radius 3 is 2.86 bits per heavy atom. The molecule has 0 aliphatic heterocycles. The predicted molar refractivity (Wildman–Crippen MR) is 88.3 cm³/mol. The van der Waals surface area contributed by atoms with Gasteiger partial charge in [0.05, 0.1) is 0 Å². The van der Waals surface area contributed by atoms with E-state index in [0.29, 0.717) is 12.1 Å². The molecule has 1 aromatic carbocycles. The van der Waals surface area contributed by atoms with Gasteiger partial charge in [-0.05, 0) is 62.9 Å². The smallest absolute Gasteiger partial charge is 0.224 e. The number of nitrogens with one attached hydrogen (secondary N) is 1. The third-order valence-corrected chi connectivity index (χ3v) is 4.07. The number of hydrogen-bond acceptors (Lipinski definition) is 3. The molecule has 1 aromatic rings. The van der Waals surface area contributed by atoms with Crippen LogP contribution in [0.4, 0.5) is 11.4 Å². The number of hydrogen-bond donors (Lipinski definition) is 2. The number of nitrogen functional groups attached to an aromatic ring is 1. The fraction of sp³-hybridized carbons (Fsp3) is 0.588. The second kappa shape index (κ2) is 7.46. The molecule has 0 aromatic heterocycles. The Balaban J connectivity index is 1.72.